The zero-order chi connectivity index (χ0) is 42.6. The Bertz CT molecular complexity index is 3840. The molecule has 0 fully saturated rings. The highest BCUT2D eigenvalue weighted by Gasteiger charge is 2.51. The Kier molecular flexibility index (Phi) is 7.84. The lowest BCUT2D eigenvalue weighted by molar-refractivity contribution is 0.793. The zero-order valence-corrected chi connectivity index (χ0v) is 36.2. The molecule has 11 aromatic carbocycles. The van der Waals surface area contributed by atoms with E-state index in [2.05, 4.69) is 241 Å². The number of hydrogen-bond donors (Lipinski definition) is 0. The van der Waals surface area contributed by atoms with E-state index in [9.17, 15) is 0 Å². The maximum atomic E-state index is 2.51. The van der Waals surface area contributed by atoms with Crippen LogP contribution in [0.2, 0.25) is 0 Å². The normalized spacial score (nSPS) is 13.0. The van der Waals surface area contributed by atoms with Crippen LogP contribution in [0.3, 0.4) is 0 Å². The van der Waals surface area contributed by atoms with E-state index in [-0.39, 0.29) is 0 Å². The highest BCUT2D eigenvalue weighted by Crippen LogP contribution is 2.63. The topological polar surface area (TPSA) is 3.24 Å². The van der Waals surface area contributed by atoms with Gasteiger partial charge in [-0.15, -0.1) is 11.3 Å². The molecule has 0 bridgehead atoms. The molecule has 12 aromatic rings. The quantitative estimate of drug-likeness (QED) is 0.167. The molecular formula is C63H39NS. The van der Waals surface area contributed by atoms with Crippen LogP contribution in [-0.2, 0) is 5.41 Å². The predicted molar refractivity (Wildman–Crippen MR) is 276 cm³/mol. The smallest absolute Gasteiger partial charge is 0.0726 e. The molecule has 0 saturated carbocycles. The van der Waals surface area contributed by atoms with Gasteiger partial charge in [0.05, 0.1) is 15.8 Å². The van der Waals surface area contributed by atoms with Crippen molar-refractivity contribution in [3.63, 3.8) is 0 Å². The van der Waals surface area contributed by atoms with Gasteiger partial charge < -0.3 is 4.90 Å². The van der Waals surface area contributed by atoms with Crippen molar-refractivity contribution in [2.24, 2.45) is 0 Å². The van der Waals surface area contributed by atoms with Gasteiger partial charge >= 0.3 is 0 Å². The molecule has 65 heavy (non-hydrogen) atoms. The Morgan fingerprint density at radius 2 is 0.785 bits per heavy atom. The summed E-state index contributed by atoms with van der Waals surface area (Å²) in [5.74, 6) is 0. The SMILES string of the molecule is c1ccc2c(c1)-c1ccccc1C21c2ccccc2-c2ccc(N(c3ccc(-c4cccc5c(-c6cccc7ccccc67)cccc45)cc3)c3cccc4c3sc3ccccc34)cc21. The van der Waals surface area contributed by atoms with Gasteiger partial charge in [0.15, 0.2) is 0 Å². The van der Waals surface area contributed by atoms with Gasteiger partial charge in [-0.05, 0) is 125 Å². The minimum absolute atomic E-state index is 0.437. The van der Waals surface area contributed by atoms with E-state index >= 15 is 0 Å². The number of hydrogen-bond acceptors (Lipinski definition) is 2. The van der Waals surface area contributed by atoms with Crippen LogP contribution in [0.1, 0.15) is 22.3 Å². The van der Waals surface area contributed by atoms with Crippen molar-refractivity contribution in [1.29, 1.82) is 0 Å². The predicted octanol–water partition coefficient (Wildman–Crippen LogP) is 17.5. The van der Waals surface area contributed by atoms with Gasteiger partial charge in [0.25, 0.3) is 0 Å². The van der Waals surface area contributed by atoms with Crippen molar-refractivity contribution < 1.29 is 0 Å². The number of nitrogens with zero attached hydrogens (tertiary/aromatic N) is 1. The lowest BCUT2D eigenvalue weighted by atomic mass is 9.70. The van der Waals surface area contributed by atoms with Crippen molar-refractivity contribution in [2.75, 3.05) is 4.90 Å². The van der Waals surface area contributed by atoms with Crippen LogP contribution in [-0.4, -0.2) is 0 Å². The second-order valence-electron chi connectivity index (χ2n) is 17.5. The van der Waals surface area contributed by atoms with Gasteiger partial charge in [0.1, 0.15) is 0 Å². The van der Waals surface area contributed by atoms with Gasteiger partial charge in [-0.3, -0.25) is 0 Å². The summed E-state index contributed by atoms with van der Waals surface area (Å²) < 4.78 is 2.58. The lowest BCUT2D eigenvalue weighted by Crippen LogP contribution is -2.26. The number of benzene rings is 11. The second kappa shape index (κ2) is 14.0. The summed E-state index contributed by atoms with van der Waals surface area (Å²) >= 11 is 1.88. The molecule has 0 amide bonds. The van der Waals surface area contributed by atoms with Gasteiger partial charge in [-0.2, -0.15) is 0 Å². The summed E-state index contributed by atoms with van der Waals surface area (Å²) in [7, 11) is 0. The van der Waals surface area contributed by atoms with Gasteiger partial charge in [0.2, 0.25) is 0 Å². The lowest BCUT2D eigenvalue weighted by Gasteiger charge is -2.32. The highest BCUT2D eigenvalue weighted by atomic mass is 32.1. The fourth-order valence-corrected chi connectivity index (χ4v) is 12.8. The molecule has 1 spiro atoms. The largest absolute Gasteiger partial charge is 0.309 e. The number of fused-ring (bicyclic) bond motifs is 15. The van der Waals surface area contributed by atoms with Crippen molar-refractivity contribution in [1.82, 2.24) is 0 Å². The first kappa shape index (κ1) is 36.4. The zero-order valence-electron chi connectivity index (χ0n) is 35.4. The van der Waals surface area contributed by atoms with E-state index in [1.807, 2.05) is 11.3 Å². The highest BCUT2D eigenvalue weighted by molar-refractivity contribution is 7.26. The molecule has 0 aliphatic heterocycles. The maximum absolute atomic E-state index is 2.51. The summed E-state index contributed by atoms with van der Waals surface area (Å²) in [5, 5.41) is 7.61. The molecule has 1 nitrogen and oxygen atoms in total. The number of anilines is 3. The van der Waals surface area contributed by atoms with Crippen LogP contribution >= 0.6 is 11.3 Å². The Morgan fingerprint density at radius 1 is 0.308 bits per heavy atom. The summed E-state index contributed by atoms with van der Waals surface area (Å²) in [6, 6.07) is 88.3. The Balaban J connectivity index is 0.970. The summed E-state index contributed by atoms with van der Waals surface area (Å²) in [6.07, 6.45) is 0. The third-order valence-corrected chi connectivity index (χ3v) is 15.5. The summed E-state index contributed by atoms with van der Waals surface area (Å²) in [6.45, 7) is 0. The van der Waals surface area contributed by atoms with E-state index < -0.39 is 5.41 Å². The van der Waals surface area contributed by atoms with E-state index in [4.69, 9.17) is 0 Å². The average molecular weight is 842 g/mol. The van der Waals surface area contributed by atoms with Crippen LogP contribution in [0.15, 0.2) is 237 Å². The summed E-state index contributed by atoms with van der Waals surface area (Å²) in [4.78, 5) is 2.51. The molecule has 2 heteroatoms. The van der Waals surface area contributed by atoms with Crippen molar-refractivity contribution in [2.45, 2.75) is 5.41 Å². The van der Waals surface area contributed by atoms with Crippen LogP contribution in [0.4, 0.5) is 17.1 Å². The van der Waals surface area contributed by atoms with Crippen molar-refractivity contribution in [3.8, 4) is 44.5 Å². The Hall–Kier alpha value is -8.04. The van der Waals surface area contributed by atoms with Crippen LogP contribution in [0.5, 0.6) is 0 Å². The van der Waals surface area contributed by atoms with Crippen LogP contribution in [0.25, 0.3) is 86.2 Å². The van der Waals surface area contributed by atoms with Gasteiger partial charge in [0, 0.05) is 26.8 Å². The third kappa shape index (κ3) is 5.14. The molecule has 1 aromatic heterocycles. The minimum atomic E-state index is -0.437. The molecule has 2 aliphatic rings. The Morgan fingerprint density at radius 3 is 1.51 bits per heavy atom. The first-order valence-corrected chi connectivity index (χ1v) is 23.3. The first-order valence-electron chi connectivity index (χ1n) is 22.5. The summed E-state index contributed by atoms with van der Waals surface area (Å²) in [5.41, 5.74) is 18.6. The minimum Gasteiger partial charge on any atom is -0.309 e. The van der Waals surface area contributed by atoms with E-state index in [1.165, 1.54) is 114 Å². The third-order valence-electron chi connectivity index (χ3n) is 14.3. The molecule has 14 rings (SSSR count). The molecule has 0 N–H and O–H groups in total. The monoisotopic (exact) mass is 841 g/mol. The molecule has 0 saturated heterocycles. The van der Waals surface area contributed by atoms with Crippen molar-refractivity contribution in [3.05, 3.63) is 259 Å². The molecule has 2 aliphatic carbocycles. The maximum Gasteiger partial charge on any atom is 0.0726 e. The molecule has 0 radical (unpaired) electrons. The van der Waals surface area contributed by atoms with Gasteiger partial charge in [-0.25, -0.2) is 0 Å². The number of rotatable bonds is 5. The van der Waals surface area contributed by atoms with Crippen molar-refractivity contribution >= 4 is 70.1 Å². The van der Waals surface area contributed by atoms with E-state index in [1.54, 1.807) is 0 Å². The second-order valence-corrected chi connectivity index (χ2v) is 18.5. The Labute approximate surface area is 381 Å². The van der Waals surface area contributed by atoms with E-state index in [0.717, 1.165) is 11.4 Å². The van der Waals surface area contributed by atoms with Gasteiger partial charge in [-0.1, -0.05) is 200 Å². The molecular weight excluding hydrogens is 803 g/mol. The molecule has 302 valence electrons. The van der Waals surface area contributed by atoms with Crippen LogP contribution < -0.4 is 4.90 Å². The fourth-order valence-electron chi connectivity index (χ4n) is 11.6. The van der Waals surface area contributed by atoms with E-state index in [0.29, 0.717) is 0 Å². The first-order chi connectivity index (χ1) is 32.3. The molecule has 0 unspecified atom stereocenters. The molecule has 0 atom stereocenters. The fraction of sp³-hybridized carbons (Fsp3) is 0.0159. The number of thiophene rings is 1. The molecule has 1 heterocycles. The van der Waals surface area contributed by atoms with Crippen LogP contribution in [0, 0.1) is 0 Å². The standard InChI is InChI=1S/C63H39NS/c1-2-17-44-40(15-1)16-11-23-46(44)49-26-13-24-47-45(22-12-25-48(47)49)41-33-35-42(36-34-41)64(60-31-14-27-55-54-21-6-10-32-61(54)65-62(55)60)43-37-38-53-52-20-5-9-30-58(52)63(59(53)39-43)56-28-7-3-18-50(56)51-19-4-8-29-57(51)63/h1-39H. The average Bonchev–Trinajstić information content (AvgIpc) is 4.01.